The van der Waals surface area contributed by atoms with Gasteiger partial charge in [-0.15, -0.1) is 0 Å². The van der Waals surface area contributed by atoms with Crippen molar-refractivity contribution >= 4 is 11.6 Å². The van der Waals surface area contributed by atoms with Crippen LogP contribution in [0.4, 0.5) is 0 Å². The molecule has 0 amide bonds. The summed E-state index contributed by atoms with van der Waals surface area (Å²) in [6.45, 7) is 6.55. The monoisotopic (exact) mass is 174 g/mol. The fraction of sp³-hybridized carbons (Fsp3) is 0.800. The normalized spacial score (nSPS) is 13.1. The highest BCUT2D eigenvalue weighted by molar-refractivity contribution is 6.29. The summed E-state index contributed by atoms with van der Waals surface area (Å²) in [6.07, 6.45) is 5.72. The first kappa shape index (κ1) is 11.0. The third-order valence-electron chi connectivity index (χ3n) is 1.83. The van der Waals surface area contributed by atoms with Crippen molar-refractivity contribution in [3.63, 3.8) is 0 Å². The van der Waals surface area contributed by atoms with Crippen molar-refractivity contribution < 1.29 is 0 Å². The maximum Gasteiger partial charge on any atom is 0.0172 e. The summed E-state index contributed by atoms with van der Waals surface area (Å²) in [4.78, 5) is 0. The Balaban J connectivity index is 4.02. The molecule has 0 N–H and O–H groups in total. The van der Waals surface area contributed by atoms with Crippen molar-refractivity contribution in [1.82, 2.24) is 0 Å². The SMILES string of the molecule is CCC/C(Cl)=C(/CC)CCC. The van der Waals surface area contributed by atoms with Crippen LogP contribution in [-0.2, 0) is 0 Å². The molecule has 0 aliphatic carbocycles. The fourth-order valence-electron chi connectivity index (χ4n) is 1.20. The molecular formula is C10H19Cl. The number of hydrogen-bond donors (Lipinski definition) is 0. The van der Waals surface area contributed by atoms with Gasteiger partial charge in [0.25, 0.3) is 0 Å². The molecule has 0 fully saturated rings. The minimum atomic E-state index is 1.06. The molecule has 0 aromatic rings. The number of allylic oxidation sites excluding steroid dienone is 2. The minimum Gasteiger partial charge on any atom is -0.0892 e. The van der Waals surface area contributed by atoms with Gasteiger partial charge < -0.3 is 0 Å². The van der Waals surface area contributed by atoms with Gasteiger partial charge in [0.05, 0.1) is 0 Å². The molecule has 0 aromatic carbocycles. The molecule has 0 nitrogen and oxygen atoms in total. The molecule has 0 atom stereocenters. The molecule has 66 valence electrons. The van der Waals surface area contributed by atoms with Gasteiger partial charge in [-0.2, -0.15) is 0 Å². The summed E-state index contributed by atoms with van der Waals surface area (Å²) >= 11 is 6.11. The van der Waals surface area contributed by atoms with Crippen LogP contribution in [0.5, 0.6) is 0 Å². The Kier molecular flexibility index (Phi) is 6.74. The van der Waals surface area contributed by atoms with E-state index in [2.05, 4.69) is 20.8 Å². The van der Waals surface area contributed by atoms with E-state index in [0.29, 0.717) is 0 Å². The minimum absolute atomic E-state index is 1.06. The Hall–Kier alpha value is 0.0300. The van der Waals surface area contributed by atoms with Gasteiger partial charge >= 0.3 is 0 Å². The molecule has 0 heterocycles. The van der Waals surface area contributed by atoms with Gasteiger partial charge in [0, 0.05) is 5.03 Å². The second-order valence-corrected chi connectivity index (χ2v) is 3.32. The molecule has 0 bridgehead atoms. The summed E-state index contributed by atoms with van der Waals surface area (Å²) in [5.74, 6) is 0. The third kappa shape index (κ3) is 4.47. The van der Waals surface area contributed by atoms with Crippen LogP contribution in [0.15, 0.2) is 10.6 Å². The molecule has 0 saturated heterocycles. The van der Waals surface area contributed by atoms with Crippen LogP contribution in [0.25, 0.3) is 0 Å². The number of rotatable bonds is 5. The molecule has 0 radical (unpaired) electrons. The van der Waals surface area contributed by atoms with Gasteiger partial charge in [0.2, 0.25) is 0 Å². The zero-order chi connectivity index (χ0) is 8.69. The standard InChI is InChI=1S/C10H19Cl/c1-4-7-9(6-3)10(11)8-5-2/h4-8H2,1-3H3/b10-9+. The maximum absolute atomic E-state index is 6.11. The lowest BCUT2D eigenvalue weighted by Gasteiger charge is -2.05. The van der Waals surface area contributed by atoms with Crippen molar-refractivity contribution in [3.8, 4) is 0 Å². The molecule has 0 spiro atoms. The van der Waals surface area contributed by atoms with E-state index in [1.807, 2.05) is 0 Å². The van der Waals surface area contributed by atoms with Gasteiger partial charge in [-0.05, 0) is 19.3 Å². The van der Waals surface area contributed by atoms with E-state index in [1.165, 1.54) is 18.4 Å². The first-order valence-corrected chi connectivity index (χ1v) is 5.00. The molecule has 1 heteroatoms. The van der Waals surface area contributed by atoms with Crippen LogP contribution in [0.2, 0.25) is 0 Å². The molecule has 0 aromatic heterocycles. The van der Waals surface area contributed by atoms with Crippen LogP contribution in [0.3, 0.4) is 0 Å². The Morgan fingerprint density at radius 3 is 1.91 bits per heavy atom. The Morgan fingerprint density at radius 1 is 1.00 bits per heavy atom. The first-order valence-electron chi connectivity index (χ1n) is 4.62. The van der Waals surface area contributed by atoms with E-state index in [9.17, 15) is 0 Å². The molecule has 0 aliphatic rings. The lowest BCUT2D eigenvalue weighted by Crippen LogP contribution is -1.85. The van der Waals surface area contributed by atoms with E-state index >= 15 is 0 Å². The lowest BCUT2D eigenvalue weighted by atomic mass is 10.1. The zero-order valence-corrected chi connectivity index (χ0v) is 8.67. The third-order valence-corrected chi connectivity index (χ3v) is 2.29. The Morgan fingerprint density at radius 2 is 1.55 bits per heavy atom. The smallest absolute Gasteiger partial charge is 0.0172 e. The maximum atomic E-state index is 6.11. The highest BCUT2D eigenvalue weighted by atomic mass is 35.5. The molecule has 0 saturated carbocycles. The highest BCUT2D eigenvalue weighted by Gasteiger charge is 1.99. The number of hydrogen-bond acceptors (Lipinski definition) is 0. The first-order chi connectivity index (χ1) is 5.26. The van der Waals surface area contributed by atoms with Gasteiger partial charge in [-0.3, -0.25) is 0 Å². The summed E-state index contributed by atoms with van der Waals surface area (Å²) in [5, 5.41) is 1.11. The largest absolute Gasteiger partial charge is 0.0892 e. The average molecular weight is 175 g/mol. The van der Waals surface area contributed by atoms with Crippen molar-refractivity contribution in [3.05, 3.63) is 10.6 Å². The zero-order valence-electron chi connectivity index (χ0n) is 7.91. The van der Waals surface area contributed by atoms with Crippen LogP contribution in [0, 0.1) is 0 Å². The van der Waals surface area contributed by atoms with Gasteiger partial charge in [-0.1, -0.05) is 50.8 Å². The predicted molar refractivity (Wildman–Crippen MR) is 53.0 cm³/mol. The summed E-state index contributed by atoms with van der Waals surface area (Å²) in [7, 11) is 0. The van der Waals surface area contributed by atoms with Crippen LogP contribution in [0.1, 0.15) is 52.9 Å². The van der Waals surface area contributed by atoms with E-state index in [0.717, 1.165) is 24.3 Å². The fourth-order valence-corrected chi connectivity index (χ4v) is 1.62. The number of halogens is 1. The van der Waals surface area contributed by atoms with Crippen LogP contribution in [-0.4, -0.2) is 0 Å². The van der Waals surface area contributed by atoms with E-state index in [4.69, 9.17) is 11.6 Å². The van der Waals surface area contributed by atoms with Crippen molar-refractivity contribution in [2.45, 2.75) is 52.9 Å². The topological polar surface area (TPSA) is 0 Å². The van der Waals surface area contributed by atoms with Gasteiger partial charge in [0.1, 0.15) is 0 Å². The average Bonchev–Trinajstić information content (AvgIpc) is 2.00. The quantitative estimate of drug-likeness (QED) is 0.576. The summed E-state index contributed by atoms with van der Waals surface area (Å²) < 4.78 is 0. The van der Waals surface area contributed by atoms with Crippen molar-refractivity contribution in [1.29, 1.82) is 0 Å². The molecule has 0 unspecified atom stereocenters. The van der Waals surface area contributed by atoms with E-state index in [-0.39, 0.29) is 0 Å². The van der Waals surface area contributed by atoms with Crippen molar-refractivity contribution in [2.24, 2.45) is 0 Å². The summed E-state index contributed by atoms with van der Waals surface area (Å²) in [6, 6.07) is 0. The van der Waals surface area contributed by atoms with Gasteiger partial charge in [-0.25, -0.2) is 0 Å². The Bertz CT molecular complexity index is 125. The van der Waals surface area contributed by atoms with Crippen LogP contribution < -0.4 is 0 Å². The van der Waals surface area contributed by atoms with E-state index < -0.39 is 0 Å². The Labute approximate surface area is 75.6 Å². The molecular weight excluding hydrogens is 156 g/mol. The second-order valence-electron chi connectivity index (χ2n) is 2.86. The highest BCUT2D eigenvalue weighted by Crippen LogP contribution is 2.21. The van der Waals surface area contributed by atoms with Crippen molar-refractivity contribution in [2.75, 3.05) is 0 Å². The second kappa shape index (κ2) is 6.72. The summed E-state index contributed by atoms with van der Waals surface area (Å²) in [5.41, 5.74) is 1.45. The molecule has 11 heavy (non-hydrogen) atoms. The van der Waals surface area contributed by atoms with Gasteiger partial charge in [0.15, 0.2) is 0 Å². The van der Waals surface area contributed by atoms with Crippen LogP contribution >= 0.6 is 11.6 Å². The lowest BCUT2D eigenvalue weighted by molar-refractivity contribution is 0.827. The predicted octanol–water partition coefficient (Wildman–Crippen LogP) is 4.49. The molecule has 0 aliphatic heterocycles. The van der Waals surface area contributed by atoms with E-state index in [1.54, 1.807) is 0 Å². The molecule has 0 rings (SSSR count).